The molecule has 8 nitrogen and oxygen atoms in total. The van der Waals surface area contributed by atoms with Gasteiger partial charge in [0, 0.05) is 42.8 Å². The van der Waals surface area contributed by atoms with E-state index in [1.54, 1.807) is 22.7 Å². The quantitative estimate of drug-likeness (QED) is 0.219. The Bertz CT molecular complexity index is 1300. The third-order valence-electron chi connectivity index (χ3n) is 5.38. The Morgan fingerprint density at radius 2 is 1.86 bits per heavy atom. The van der Waals surface area contributed by atoms with Crippen LogP contribution in [0.25, 0.3) is 10.9 Å². The number of anilines is 1. The largest absolute Gasteiger partial charge is 0.492 e. The number of hydrogen-bond acceptors (Lipinski definition) is 5. The number of benzene rings is 2. The van der Waals surface area contributed by atoms with Crippen molar-refractivity contribution in [3.8, 4) is 5.75 Å². The second-order valence-corrected chi connectivity index (χ2v) is 10.4. The van der Waals surface area contributed by atoms with Crippen LogP contribution in [0.1, 0.15) is 39.2 Å². The molecule has 2 aromatic carbocycles. The number of fused-ring (bicyclic) bond motifs is 1. The molecule has 35 heavy (non-hydrogen) atoms. The molecule has 0 aliphatic carbocycles. The lowest BCUT2D eigenvalue weighted by Gasteiger charge is -2.21. The van der Waals surface area contributed by atoms with Crippen molar-refractivity contribution in [2.75, 3.05) is 25.0 Å². The minimum absolute atomic E-state index is 0.283. The molecule has 0 fully saturated rings. The first-order valence-corrected chi connectivity index (χ1v) is 13.6. The summed E-state index contributed by atoms with van der Waals surface area (Å²) < 4.78 is 35.6. The van der Waals surface area contributed by atoms with Crippen LogP contribution in [0.4, 0.5) is 5.69 Å². The minimum atomic E-state index is -3.58. The van der Waals surface area contributed by atoms with Gasteiger partial charge in [-0.2, -0.15) is 9.41 Å². The molecule has 0 bridgehead atoms. The van der Waals surface area contributed by atoms with Crippen LogP contribution >= 0.6 is 12.2 Å². The maximum absolute atomic E-state index is 13.3. The van der Waals surface area contributed by atoms with Crippen LogP contribution in [0.3, 0.4) is 0 Å². The number of nitrogens with zero attached hydrogens (tertiary/aromatic N) is 3. The highest BCUT2D eigenvalue weighted by Crippen LogP contribution is 2.26. The molecule has 0 radical (unpaired) electrons. The first kappa shape index (κ1) is 26.7. The van der Waals surface area contributed by atoms with Crippen molar-refractivity contribution in [1.82, 2.24) is 14.3 Å². The molecular weight excluding hydrogens is 482 g/mol. The van der Waals surface area contributed by atoms with E-state index in [2.05, 4.69) is 15.8 Å². The fourth-order valence-corrected chi connectivity index (χ4v) is 5.64. The molecule has 0 aliphatic heterocycles. The highest BCUT2D eigenvalue weighted by atomic mass is 32.2. The van der Waals surface area contributed by atoms with Crippen LogP contribution in [0.5, 0.6) is 5.75 Å². The second-order valence-electron chi connectivity index (χ2n) is 8.03. The number of nitrogens with one attached hydrogen (secondary N) is 2. The molecule has 0 saturated heterocycles. The van der Waals surface area contributed by atoms with Crippen LogP contribution < -0.4 is 15.5 Å². The van der Waals surface area contributed by atoms with Gasteiger partial charge in [0.25, 0.3) is 0 Å². The van der Waals surface area contributed by atoms with Gasteiger partial charge >= 0.3 is 0 Å². The van der Waals surface area contributed by atoms with Crippen molar-refractivity contribution >= 4 is 50.2 Å². The van der Waals surface area contributed by atoms with Crippen molar-refractivity contribution in [2.24, 2.45) is 12.1 Å². The molecule has 0 spiro atoms. The van der Waals surface area contributed by atoms with Gasteiger partial charge in [-0.25, -0.2) is 8.42 Å². The lowest BCUT2D eigenvalue weighted by atomic mass is 10.2. The number of rotatable bonds is 11. The maximum Gasteiger partial charge on any atom is 0.243 e. The molecule has 188 valence electrons. The van der Waals surface area contributed by atoms with Crippen molar-refractivity contribution < 1.29 is 13.2 Å². The Morgan fingerprint density at radius 3 is 2.54 bits per heavy atom. The molecule has 0 amide bonds. The molecule has 10 heteroatoms. The van der Waals surface area contributed by atoms with Crippen LogP contribution in [0.2, 0.25) is 0 Å². The van der Waals surface area contributed by atoms with Crippen LogP contribution in [-0.2, 0) is 17.1 Å². The molecular formula is C25H33N5O3S2. The summed E-state index contributed by atoms with van der Waals surface area (Å²) in [6.07, 6.45) is 5.07. The summed E-state index contributed by atoms with van der Waals surface area (Å²) in [5.74, 6) is 0.700. The molecule has 1 aromatic heterocycles. The number of hydrazone groups is 1. The Balaban J connectivity index is 1.81. The fraction of sp³-hybridized carbons (Fsp3) is 0.360. The van der Waals surface area contributed by atoms with Gasteiger partial charge < -0.3 is 14.6 Å². The van der Waals surface area contributed by atoms with E-state index in [1.807, 2.05) is 68.9 Å². The van der Waals surface area contributed by atoms with Gasteiger partial charge in [0.1, 0.15) is 5.75 Å². The van der Waals surface area contributed by atoms with Gasteiger partial charge in [0.15, 0.2) is 5.11 Å². The molecule has 0 saturated carbocycles. The zero-order chi connectivity index (χ0) is 25.4. The van der Waals surface area contributed by atoms with E-state index in [4.69, 9.17) is 17.0 Å². The third-order valence-corrected chi connectivity index (χ3v) is 7.47. The number of aryl methyl sites for hydroxylation is 1. The predicted octanol–water partition coefficient (Wildman–Crippen LogP) is 4.71. The van der Waals surface area contributed by atoms with Crippen LogP contribution in [-0.4, -0.2) is 48.3 Å². The topological polar surface area (TPSA) is 88.0 Å². The number of para-hydroxylation sites is 2. The van der Waals surface area contributed by atoms with E-state index in [1.165, 1.54) is 0 Å². The van der Waals surface area contributed by atoms with Gasteiger partial charge in [-0.05, 0) is 62.3 Å². The number of aromatic nitrogens is 1. The van der Waals surface area contributed by atoms with Crippen molar-refractivity contribution in [3.05, 3.63) is 54.2 Å². The van der Waals surface area contributed by atoms with E-state index >= 15 is 0 Å². The Hall–Kier alpha value is -2.95. The minimum Gasteiger partial charge on any atom is -0.492 e. The summed E-state index contributed by atoms with van der Waals surface area (Å²) in [4.78, 5) is 0.283. The Labute approximate surface area is 213 Å². The molecule has 3 rings (SSSR count). The maximum atomic E-state index is 13.3. The lowest BCUT2D eigenvalue weighted by Crippen LogP contribution is -2.32. The monoisotopic (exact) mass is 515 g/mol. The van der Waals surface area contributed by atoms with Gasteiger partial charge in [0.2, 0.25) is 10.0 Å². The Morgan fingerprint density at radius 1 is 1.14 bits per heavy atom. The smallest absolute Gasteiger partial charge is 0.243 e. The number of thiocarbonyl (C=S) groups is 1. The standard InChI is InChI=1S/C25H33N5O3S2/c1-5-14-30(15-6-2)35(31,32)20-12-13-23-21(16-20)19(18-29(23)4)17-26-28-25(34)27-22-10-8-9-11-24(22)33-7-3/h8-13,16-18H,5-7,14-15H2,1-4H3,(H2,27,28,34)/b26-17-. The summed E-state index contributed by atoms with van der Waals surface area (Å²) in [5, 5.41) is 8.46. The highest BCUT2D eigenvalue weighted by molar-refractivity contribution is 7.89. The number of hydrogen-bond donors (Lipinski definition) is 2. The molecule has 2 N–H and O–H groups in total. The zero-order valence-corrected chi connectivity index (χ0v) is 22.2. The molecule has 0 unspecified atom stereocenters. The third kappa shape index (κ3) is 6.39. The van der Waals surface area contributed by atoms with Gasteiger partial charge in [-0.15, -0.1) is 0 Å². The summed E-state index contributed by atoms with van der Waals surface area (Å²) in [6, 6.07) is 12.7. The summed E-state index contributed by atoms with van der Waals surface area (Å²) in [5.41, 5.74) is 5.25. The van der Waals surface area contributed by atoms with Gasteiger partial charge in [-0.1, -0.05) is 26.0 Å². The lowest BCUT2D eigenvalue weighted by molar-refractivity contribution is 0.342. The van der Waals surface area contributed by atoms with E-state index in [0.717, 1.165) is 35.0 Å². The van der Waals surface area contributed by atoms with Crippen LogP contribution in [0, 0.1) is 0 Å². The molecule has 0 aliphatic rings. The van der Waals surface area contributed by atoms with Crippen molar-refractivity contribution in [3.63, 3.8) is 0 Å². The molecule has 3 aromatic rings. The summed E-state index contributed by atoms with van der Waals surface area (Å²) in [7, 11) is -1.67. The number of sulfonamides is 1. The Kier molecular flexibility index (Phi) is 9.25. The predicted molar refractivity (Wildman–Crippen MR) is 147 cm³/mol. The second kappa shape index (κ2) is 12.1. The SMILES string of the molecule is CCCN(CCC)S(=O)(=O)c1ccc2c(c1)c(/C=N\NC(=S)Nc1ccccc1OCC)cn2C. The molecule has 0 atom stereocenters. The van der Waals surface area contributed by atoms with Crippen molar-refractivity contribution in [2.45, 2.75) is 38.5 Å². The summed E-state index contributed by atoms with van der Waals surface area (Å²) >= 11 is 5.36. The molecule has 1 heterocycles. The first-order chi connectivity index (χ1) is 16.8. The fourth-order valence-electron chi connectivity index (χ4n) is 3.83. The van der Waals surface area contributed by atoms with Gasteiger partial charge in [0.05, 0.1) is 23.4 Å². The van der Waals surface area contributed by atoms with E-state index in [-0.39, 0.29) is 4.90 Å². The van der Waals surface area contributed by atoms with Crippen LogP contribution in [0.15, 0.2) is 58.7 Å². The summed E-state index contributed by atoms with van der Waals surface area (Å²) in [6.45, 7) is 7.42. The van der Waals surface area contributed by atoms with Gasteiger partial charge in [-0.3, -0.25) is 5.43 Å². The normalized spacial score (nSPS) is 11.9. The van der Waals surface area contributed by atoms with Crippen molar-refractivity contribution in [1.29, 1.82) is 0 Å². The first-order valence-electron chi connectivity index (χ1n) is 11.7. The van der Waals surface area contributed by atoms with E-state index in [9.17, 15) is 8.42 Å². The highest BCUT2D eigenvalue weighted by Gasteiger charge is 2.24. The average Bonchev–Trinajstić information content (AvgIpc) is 3.15. The average molecular weight is 516 g/mol. The zero-order valence-electron chi connectivity index (χ0n) is 20.6. The number of ether oxygens (including phenoxy) is 1. The van der Waals surface area contributed by atoms with E-state index < -0.39 is 10.0 Å². The van der Waals surface area contributed by atoms with E-state index in [0.29, 0.717) is 30.6 Å².